The zero-order chi connectivity index (χ0) is 19.8. The predicted octanol–water partition coefficient (Wildman–Crippen LogP) is -0.548. The van der Waals surface area contributed by atoms with Crippen molar-refractivity contribution in [3.8, 4) is 0 Å². The second kappa shape index (κ2) is 7.24. The predicted molar refractivity (Wildman–Crippen MR) is 94.8 cm³/mol. The fraction of sp³-hybridized carbons (Fsp3) is 0.294. The van der Waals surface area contributed by atoms with E-state index >= 15 is 0 Å². The lowest BCUT2D eigenvalue weighted by atomic mass is 10.1. The van der Waals surface area contributed by atoms with Gasteiger partial charge in [-0.2, -0.15) is 0 Å². The summed E-state index contributed by atoms with van der Waals surface area (Å²) in [5, 5.41) is 21.2. The van der Waals surface area contributed by atoms with Crippen LogP contribution in [-0.4, -0.2) is 46.5 Å². The Balaban J connectivity index is 1.83. The van der Waals surface area contributed by atoms with Gasteiger partial charge in [0.2, 0.25) is 0 Å². The molecule has 27 heavy (non-hydrogen) atoms. The number of H-pyrrole nitrogens is 1. The van der Waals surface area contributed by atoms with Crippen molar-refractivity contribution in [2.24, 2.45) is 0 Å². The number of aliphatic hydroxyl groups is 2. The van der Waals surface area contributed by atoms with Gasteiger partial charge in [-0.25, -0.2) is 13.2 Å². The molecule has 2 aromatic rings. The van der Waals surface area contributed by atoms with E-state index in [2.05, 4.69) is 0 Å². The molecule has 1 aliphatic rings. The van der Waals surface area contributed by atoms with Crippen molar-refractivity contribution < 1.29 is 23.4 Å². The Bertz CT molecular complexity index is 1070. The van der Waals surface area contributed by atoms with Gasteiger partial charge in [0.15, 0.2) is 16.1 Å². The summed E-state index contributed by atoms with van der Waals surface area (Å²) in [6.45, 7) is 1.83. The molecule has 2 heterocycles. The van der Waals surface area contributed by atoms with Gasteiger partial charge in [0.25, 0.3) is 5.56 Å². The summed E-state index contributed by atoms with van der Waals surface area (Å²) in [7, 11) is -3.77. The minimum Gasteiger partial charge on any atom is -0.387 e. The monoisotopic (exact) mass is 394 g/mol. The van der Waals surface area contributed by atoms with Gasteiger partial charge in [0.1, 0.15) is 18.3 Å². The highest BCUT2D eigenvalue weighted by molar-refractivity contribution is 7.94. The van der Waals surface area contributed by atoms with Crippen molar-refractivity contribution >= 4 is 9.84 Å². The van der Waals surface area contributed by atoms with Crippen molar-refractivity contribution in [1.29, 1.82) is 0 Å². The standard InChI is InChI=1S/C17H18N2O7S/c1-10-2-4-11(5-3-10)27(24,25)9-7-12-14(21)15(22)16(26-12)19-8-6-13(20)18-17(19)23/h2-9,12,14-16,21-22H,1H3,(H,18,20,23)/t12-,14-,15-,16-/m1/s1. The highest BCUT2D eigenvalue weighted by Crippen LogP contribution is 2.29. The van der Waals surface area contributed by atoms with Gasteiger partial charge in [0, 0.05) is 17.7 Å². The molecule has 1 aromatic heterocycles. The van der Waals surface area contributed by atoms with Crippen LogP contribution in [0.25, 0.3) is 0 Å². The number of rotatable bonds is 4. The Hall–Kier alpha value is -2.53. The molecule has 3 N–H and O–H groups in total. The molecule has 0 amide bonds. The minimum absolute atomic E-state index is 0.0748. The summed E-state index contributed by atoms with van der Waals surface area (Å²) in [5.74, 6) is 0. The molecule has 0 saturated carbocycles. The Morgan fingerprint density at radius 2 is 1.78 bits per heavy atom. The average Bonchev–Trinajstić information content (AvgIpc) is 2.89. The number of aromatic amines is 1. The van der Waals surface area contributed by atoms with Crippen LogP contribution in [0.1, 0.15) is 11.8 Å². The SMILES string of the molecule is Cc1ccc(S(=O)(=O)C=C[C@H]2O[C@@H](n3ccc(=O)[nH]c3=O)[C@H](O)[C@@H]2O)cc1. The average molecular weight is 394 g/mol. The maximum Gasteiger partial charge on any atom is 0.330 e. The number of ether oxygens (including phenoxy) is 1. The number of nitrogens with one attached hydrogen (secondary N) is 1. The lowest BCUT2D eigenvalue weighted by molar-refractivity contribution is -0.0296. The van der Waals surface area contributed by atoms with Gasteiger partial charge in [-0.15, -0.1) is 0 Å². The van der Waals surface area contributed by atoms with E-state index in [1.54, 1.807) is 12.1 Å². The number of sulfone groups is 1. The van der Waals surface area contributed by atoms with Gasteiger partial charge in [-0.1, -0.05) is 17.7 Å². The minimum atomic E-state index is -3.77. The molecule has 1 fully saturated rings. The third kappa shape index (κ3) is 3.93. The van der Waals surface area contributed by atoms with Crippen LogP contribution in [0.5, 0.6) is 0 Å². The molecule has 0 unspecified atom stereocenters. The second-order valence-electron chi connectivity index (χ2n) is 6.18. The molecule has 0 radical (unpaired) electrons. The number of hydrogen-bond donors (Lipinski definition) is 3. The van der Waals surface area contributed by atoms with Crippen molar-refractivity contribution in [3.63, 3.8) is 0 Å². The van der Waals surface area contributed by atoms with E-state index in [9.17, 15) is 28.2 Å². The van der Waals surface area contributed by atoms with E-state index in [1.165, 1.54) is 12.1 Å². The summed E-state index contributed by atoms with van der Waals surface area (Å²) >= 11 is 0. The quantitative estimate of drug-likeness (QED) is 0.632. The van der Waals surface area contributed by atoms with Crippen LogP contribution >= 0.6 is 0 Å². The van der Waals surface area contributed by atoms with Crippen molar-refractivity contribution in [3.05, 3.63) is 74.4 Å². The number of hydrogen-bond acceptors (Lipinski definition) is 7. The van der Waals surface area contributed by atoms with Crippen molar-refractivity contribution in [2.75, 3.05) is 0 Å². The fourth-order valence-corrected chi connectivity index (χ4v) is 3.72. The zero-order valence-corrected chi connectivity index (χ0v) is 15.0. The molecular weight excluding hydrogens is 376 g/mol. The van der Waals surface area contributed by atoms with Gasteiger partial charge < -0.3 is 14.9 Å². The number of aliphatic hydroxyl groups excluding tert-OH is 2. The third-order valence-corrected chi connectivity index (χ3v) is 5.64. The Labute approximate surface area is 154 Å². The van der Waals surface area contributed by atoms with Crippen LogP contribution in [0, 0.1) is 6.92 Å². The number of nitrogens with zero attached hydrogens (tertiary/aromatic N) is 1. The fourth-order valence-electron chi connectivity index (χ4n) is 2.69. The van der Waals surface area contributed by atoms with Crippen LogP contribution in [0.3, 0.4) is 0 Å². The molecule has 1 saturated heterocycles. The topological polar surface area (TPSA) is 139 Å². The largest absolute Gasteiger partial charge is 0.387 e. The summed E-state index contributed by atoms with van der Waals surface area (Å²) in [6, 6.07) is 7.29. The Kier molecular flexibility index (Phi) is 5.16. The smallest absolute Gasteiger partial charge is 0.330 e. The summed E-state index contributed by atoms with van der Waals surface area (Å²) in [4.78, 5) is 25.1. The first-order chi connectivity index (χ1) is 12.7. The molecule has 0 spiro atoms. The normalized spacial score (nSPS) is 25.9. The maximum atomic E-state index is 12.4. The number of aryl methyl sites for hydroxylation is 1. The lowest BCUT2D eigenvalue weighted by Crippen LogP contribution is -2.37. The Morgan fingerprint density at radius 3 is 2.41 bits per heavy atom. The van der Waals surface area contributed by atoms with Gasteiger partial charge in [0.05, 0.1) is 4.90 Å². The molecular formula is C17H18N2O7S. The van der Waals surface area contributed by atoms with Crippen LogP contribution < -0.4 is 11.2 Å². The highest BCUT2D eigenvalue weighted by atomic mass is 32.2. The van der Waals surface area contributed by atoms with E-state index < -0.39 is 45.6 Å². The van der Waals surface area contributed by atoms with Crippen molar-refractivity contribution in [2.45, 2.75) is 36.4 Å². The molecule has 0 bridgehead atoms. The summed E-state index contributed by atoms with van der Waals surface area (Å²) < 4.78 is 31.0. The van der Waals surface area contributed by atoms with E-state index in [-0.39, 0.29) is 4.90 Å². The molecule has 3 rings (SSSR count). The second-order valence-corrected chi connectivity index (χ2v) is 8.01. The van der Waals surface area contributed by atoms with Crippen LogP contribution in [0.15, 0.2) is 62.5 Å². The third-order valence-electron chi connectivity index (χ3n) is 4.20. The molecule has 1 aliphatic heterocycles. The Morgan fingerprint density at radius 1 is 1.11 bits per heavy atom. The lowest BCUT2D eigenvalue weighted by Gasteiger charge is -2.16. The first-order valence-electron chi connectivity index (χ1n) is 8.02. The van der Waals surface area contributed by atoms with Gasteiger partial charge in [-0.3, -0.25) is 14.3 Å². The van der Waals surface area contributed by atoms with Crippen LogP contribution in [-0.2, 0) is 14.6 Å². The van der Waals surface area contributed by atoms with E-state index in [0.717, 1.165) is 33.9 Å². The summed E-state index contributed by atoms with van der Waals surface area (Å²) in [6.07, 6.45) is -3.16. The first-order valence-corrected chi connectivity index (χ1v) is 9.57. The molecule has 1 aromatic carbocycles. The van der Waals surface area contributed by atoms with Gasteiger partial charge >= 0.3 is 5.69 Å². The molecule has 4 atom stereocenters. The van der Waals surface area contributed by atoms with E-state index in [0.29, 0.717) is 0 Å². The van der Waals surface area contributed by atoms with Gasteiger partial charge in [-0.05, 0) is 25.1 Å². The summed E-state index contributed by atoms with van der Waals surface area (Å²) in [5.41, 5.74) is -0.537. The van der Waals surface area contributed by atoms with Crippen LogP contribution in [0.2, 0.25) is 0 Å². The maximum absolute atomic E-state index is 12.4. The number of aromatic nitrogens is 2. The molecule has 144 valence electrons. The van der Waals surface area contributed by atoms with E-state index in [4.69, 9.17) is 4.74 Å². The first kappa shape index (κ1) is 19.2. The van der Waals surface area contributed by atoms with Crippen LogP contribution in [0.4, 0.5) is 0 Å². The molecule has 0 aliphatic carbocycles. The molecule has 10 heteroatoms. The van der Waals surface area contributed by atoms with E-state index in [1.807, 2.05) is 11.9 Å². The molecule has 9 nitrogen and oxygen atoms in total. The highest BCUT2D eigenvalue weighted by Gasteiger charge is 2.43. The zero-order valence-electron chi connectivity index (χ0n) is 14.2. The number of benzene rings is 1. The van der Waals surface area contributed by atoms with Crippen molar-refractivity contribution in [1.82, 2.24) is 9.55 Å².